The number of halogens is 2. The molecule has 0 radical (unpaired) electrons. The summed E-state index contributed by atoms with van der Waals surface area (Å²) < 4.78 is 30.3. The smallest absolute Gasteiger partial charge is 0.329 e. The molecule has 0 spiro atoms. The van der Waals surface area contributed by atoms with Crippen molar-refractivity contribution >= 4 is 27.6 Å². The van der Waals surface area contributed by atoms with Gasteiger partial charge in [0.15, 0.2) is 5.82 Å². The molecule has 2 aromatic heterocycles. The number of alkyl halides is 2. The summed E-state index contributed by atoms with van der Waals surface area (Å²) in [5.41, 5.74) is 3.89. The summed E-state index contributed by atoms with van der Waals surface area (Å²) in [6, 6.07) is 8.95. The van der Waals surface area contributed by atoms with Crippen LogP contribution < -0.4 is 11.0 Å². The van der Waals surface area contributed by atoms with Gasteiger partial charge in [0, 0.05) is 29.4 Å². The summed E-state index contributed by atoms with van der Waals surface area (Å²) in [4.78, 5) is 12.8. The third kappa shape index (κ3) is 3.16. The molecule has 8 heteroatoms. The minimum absolute atomic E-state index is 0.0151. The van der Waals surface area contributed by atoms with Crippen molar-refractivity contribution < 1.29 is 8.78 Å². The quantitative estimate of drug-likeness (QED) is 0.457. The van der Waals surface area contributed by atoms with E-state index in [4.69, 9.17) is 0 Å². The number of nitrogens with one attached hydrogen (secondary N) is 1. The van der Waals surface area contributed by atoms with E-state index in [-0.39, 0.29) is 23.3 Å². The van der Waals surface area contributed by atoms with E-state index in [0.717, 1.165) is 45.9 Å². The second-order valence-corrected chi connectivity index (χ2v) is 8.69. The van der Waals surface area contributed by atoms with Crippen molar-refractivity contribution in [3.05, 3.63) is 63.2 Å². The molecule has 4 aromatic rings. The first-order valence-electron chi connectivity index (χ1n) is 10.8. The van der Waals surface area contributed by atoms with E-state index >= 15 is 0 Å². The number of benzene rings is 2. The number of hydrogen-bond donors (Lipinski definition) is 1. The lowest BCUT2D eigenvalue weighted by molar-refractivity contribution is 0.150. The average Bonchev–Trinajstić information content (AvgIpc) is 3.56. The maximum absolute atomic E-state index is 13.4. The summed E-state index contributed by atoms with van der Waals surface area (Å²) in [7, 11) is 1.79. The normalized spacial score (nSPS) is 15.1. The molecule has 1 aliphatic rings. The standard InChI is InChI=1S/C24H25F2N5O/c1-12-16(6-5-7-17(12)22(25)26)13(2)27-23-19-11-21-20(10-18(19)14(3)28-29-23)30(4)24(32)31(21)15-8-9-15/h5-7,10-11,13,15,22H,8-9H2,1-4H3,(H,27,29)/t13-/m1/s1. The summed E-state index contributed by atoms with van der Waals surface area (Å²) in [6.07, 6.45) is -0.508. The fourth-order valence-electron chi connectivity index (χ4n) is 4.59. The van der Waals surface area contributed by atoms with Crippen LogP contribution in [0, 0.1) is 13.8 Å². The lowest BCUT2D eigenvalue weighted by atomic mass is 9.97. The van der Waals surface area contributed by atoms with E-state index in [1.54, 1.807) is 24.6 Å². The van der Waals surface area contributed by atoms with Crippen LogP contribution in [0.3, 0.4) is 0 Å². The van der Waals surface area contributed by atoms with Crippen LogP contribution in [-0.2, 0) is 7.05 Å². The summed E-state index contributed by atoms with van der Waals surface area (Å²) >= 11 is 0. The van der Waals surface area contributed by atoms with Gasteiger partial charge in [-0.15, -0.1) is 5.10 Å². The van der Waals surface area contributed by atoms with Crippen LogP contribution >= 0.6 is 0 Å². The number of aromatic nitrogens is 4. The molecule has 166 valence electrons. The van der Waals surface area contributed by atoms with Crippen molar-refractivity contribution in [3.63, 3.8) is 0 Å². The molecule has 1 N–H and O–H groups in total. The predicted octanol–water partition coefficient (Wildman–Crippen LogP) is 5.35. The maximum Gasteiger partial charge on any atom is 0.329 e. The van der Waals surface area contributed by atoms with Gasteiger partial charge >= 0.3 is 5.69 Å². The fourth-order valence-corrected chi connectivity index (χ4v) is 4.59. The molecule has 2 aromatic carbocycles. The molecule has 0 aliphatic heterocycles. The third-order valence-electron chi connectivity index (χ3n) is 6.56. The van der Waals surface area contributed by atoms with E-state index in [1.165, 1.54) is 6.07 Å². The summed E-state index contributed by atoms with van der Waals surface area (Å²) in [5.74, 6) is 0.570. The van der Waals surface area contributed by atoms with Gasteiger partial charge in [-0.3, -0.25) is 9.13 Å². The van der Waals surface area contributed by atoms with Gasteiger partial charge in [0.25, 0.3) is 6.43 Å². The molecular weight excluding hydrogens is 412 g/mol. The highest BCUT2D eigenvalue weighted by molar-refractivity contribution is 6.01. The number of nitrogens with zero attached hydrogens (tertiary/aromatic N) is 4. The van der Waals surface area contributed by atoms with Crippen molar-refractivity contribution in [1.29, 1.82) is 0 Å². The zero-order chi connectivity index (χ0) is 22.7. The van der Waals surface area contributed by atoms with E-state index in [0.29, 0.717) is 11.4 Å². The van der Waals surface area contributed by atoms with Crippen LogP contribution in [0.25, 0.3) is 21.8 Å². The number of hydrogen-bond acceptors (Lipinski definition) is 4. The molecule has 5 rings (SSSR count). The molecule has 6 nitrogen and oxygen atoms in total. The van der Waals surface area contributed by atoms with E-state index in [9.17, 15) is 13.6 Å². The lowest BCUT2D eigenvalue weighted by Gasteiger charge is -2.20. The van der Waals surface area contributed by atoms with Crippen molar-refractivity contribution in [2.45, 2.75) is 52.1 Å². The Morgan fingerprint density at radius 2 is 1.75 bits per heavy atom. The number of imidazole rings is 1. The van der Waals surface area contributed by atoms with E-state index < -0.39 is 6.43 Å². The Hall–Kier alpha value is -3.29. The first kappa shape index (κ1) is 20.6. The Morgan fingerprint density at radius 3 is 2.44 bits per heavy atom. The third-order valence-corrected chi connectivity index (χ3v) is 6.56. The molecule has 0 saturated heterocycles. The number of anilines is 1. The minimum atomic E-state index is -2.52. The topological polar surface area (TPSA) is 64.7 Å². The molecule has 0 amide bonds. The summed E-state index contributed by atoms with van der Waals surface area (Å²) in [5, 5.41) is 13.8. The first-order chi connectivity index (χ1) is 15.3. The molecule has 1 fully saturated rings. The molecule has 32 heavy (non-hydrogen) atoms. The monoisotopic (exact) mass is 437 g/mol. The minimum Gasteiger partial charge on any atom is -0.362 e. The summed E-state index contributed by atoms with van der Waals surface area (Å²) in [6.45, 7) is 5.53. The zero-order valence-electron chi connectivity index (χ0n) is 18.5. The van der Waals surface area contributed by atoms with Gasteiger partial charge in [-0.05, 0) is 56.9 Å². The molecule has 2 heterocycles. The Labute approximate surface area is 183 Å². The van der Waals surface area contributed by atoms with Gasteiger partial charge in [-0.1, -0.05) is 18.2 Å². The highest BCUT2D eigenvalue weighted by Crippen LogP contribution is 2.38. The molecule has 0 bridgehead atoms. The van der Waals surface area contributed by atoms with Gasteiger partial charge in [0.05, 0.1) is 22.8 Å². The van der Waals surface area contributed by atoms with E-state index in [2.05, 4.69) is 15.5 Å². The lowest BCUT2D eigenvalue weighted by Crippen LogP contribution is -2.21. The van der Waals surface area contributed by atoms with Crippen LogP contribution in [0.4, 0.5) is 14.6 Å². The van der Waals surface area contributed by atoms with Crippen molar-refractivity contribution in [2.24, 2.45) is 7.05 Å². The highest BCUT2D eigenvalue weighted by atomic mass is 19.3. The zero-order valence-corrected chi connectivity index (χ0v) is 18.5. The van der Waals surface area contributed by atoms with Crippen LogP contribution in [0.2, 0.25) is 0 Å². The SMILES string of the molecule is Cc1c(C(F)F)cccc1[C@@H](C)Nc1nnc(C)c2cc3c(cc12)n(C1CC1)c(=O)n3C. The molecule has 1 saturated carbocycles. The Kier molecular flexibility index (Phi) is 4.76. The van der Waals surface area contributed by atoms with Crippen LogP contribution in [0.15, 0.2) is 35.1 Å². The number of fused-ring (bicyclic) bond motifs is 2. The first-order valence-corrected chi connectivity index (χ1v) is 10.8. The second kappa shape index (κ2) is 7.39. The molecular formula is C24H25F2N5O. The van der Waals surface area contributed by atoms with Gasteiger partial charge < -0.3 is 5.32 Å². The van der Waals surface area contributed by atoms with Crippen LogP contribution in [0.1, 0.15) is 60.7 Å². The fraction of sp³-hybridized carbons (Fsp3) is 0.375. The van der Waals surface area contributed by atoms with E-state index in [1.807, 2.05) is 36.6 Å². The second-order valence-electron chi connectivity index (χ2n) is 8.69. The van der Waals surface area contributed by atoms with Crippen molar-refractivity contribution in [1.82, 2.24) is 19.3 Å². The predicted molar refractivity (Wildman–Crippen MR) is 121 cm³/mol. The highest BCUT2D eigenvalue weighted by Gasteiger charge is 2.29. The van der Waals surface area contributed by atoms with Gasteiger partial charge in [-0.25, -0.2) is 13.6 Å². The van der Waals surface area contributed by atoms with Gasteiger partial charge in [-0.2, -0.15) is 5.10 Å². The number of rotatable bonds is 5. The van der Waals surface area contributed by atoms with Crippen LogP contribution in [0.5, 0.6) is 0 Å². The Morgan fingerprint density at radius 1 is 1.06 bits per heavy atom. The van der Waals surface area contributed by atoms with Crippen LogP contribution in [-0.4, -0.2) is 19.3 Å². The Balaban J connectivity index is 1.64. The average molecular weight is 437 g/mol. The van der Waals surface area contributed by atoms with Gasteiger partial charge in [0.1, 0.15) is 0 Å². The Bertz CT molecular complexity index is 1420. The van der Waals surface area contributed by atoms with Gasteiger partial charge in [0.2, 0.25) is 0 Å². The molecule has 1 aliphatic carbocycles. The molecule has 0 unspecified atom stereocenters. The largest absolute Gasteiger partial charge is 0.362 e. The number of aryl methyl sites for hydroxylation is 2. The van der Waals surface area contributed by atoms with Crippen molar-refractivity contribution in [3.8, 4) is 0 Å². The molecule has 1 atom stereocenters. The maximum atomic E-state index is 13.4. The van der Waals surface area contributed by atoms with Crippen molar-refractivity contribution in [2.75, 3.05) is 5.32 Å².